The van der Waals surface area contributed by atoms with Crippen LogP contribution in [0.5, 0.6) is 0 Å². The van der Waals surface area contributed by atoms with Gasteiger partial charge in [-0.3, -0.25) is 4.79 Å². The third-order valence-corrected chi connectivity index (χ3v) is 3.74. The smallest absolute Gasteiger partial charge is 0.367 e. The Kier molecular flexibility index (Phi) is 5.17. The minimum absolute atomic E-state index is 0.120. The Morgan fingerprint density at radius 3 is 2.81 bits per heavy atom. The summed E-state index contributed by atoms with van der Waals surface area (Å²) in [5, 5.41) is 4.99. The largest absolute Gasteiger partial charge is 0.461 e. The van der Waals surface area contributed by atoms with E-state index in [1.165, 1.54) is 11.4 Å². The lowest BCUT2D eigenvalue weighted by molar-refractivity contribution is 0.0526. The number of hydrogen-bond acceptors (Lipinski definition) is 5. The van der Waals surface area contributed by atoms with Crippen molar-refractivity contribution >= 4 is 52.1 Å². The lowest BCUT2D eigenvalue weighted by Crippen LogP contribution is -2.13. The number of rotatable bonds is 4. The average molecular weight is 345 g/mol. The zero-order valence-electron chi connectivity index (χ0n) is 10.9. The van der Waals surface area contributed by atoms with Gasteiger partial charge in [-0.25, -0.2) is 9.78 Å². The summed E-state index contributed by atoms with van der Waals surface area (Å²) in [7, 11) is 0. The first-order chi connectivity index (χ1) is 10.0. The molecule has 0 saturated carbocycles. The molecule has 5 nitrogen and oxygen atoms in total. The Hall–Kier alpha value is -1.63. The number of carbonyl (C=O) groups is 2. The Labute approximate surface area is 134 Å². The van der Waals surface area contributed by atoms with Crippen LogP contribution in [-0.2, 0) is 4.74 Å². The summed E-state index contributed by atoms with van der Waals surface area (Å²) in [4.78, 5) is 27.5. The number of anilines is 1. The molecule has 0 radical (unpaired) electrons. The summed E-state index contributed by atoms with van der Waals surface area (Å²) in [6.45, 7) is 1.95. The molecule has 1 aromatic heterocycles. The van der Waals surface area contributed by atoms with Gasteiger partial charge in [0.25, 0.3) is 5.91 Å². The van der Waals surface area contributed by atoms with E-state index < -0.39 is 11.9 Å². The van der Waals surface area contributed by atoms with E-state index in [1.807, 2.05) is 0 Å². The third kappa shape index (κ3) is 3.93. The molecule has 0 aliphatic rings. The van der Waals surface area contributed by atoms with Crippen LogP contribution in [0.3, 0.4) is 0 Å². The lowest BCUT2D eigenvalue weighted by atomic mass is 10.3. The van der Waals surface area contributed by atoms with Crippen molar-refractivity contribution in [1.82, 2.24) is 4.98 Å². The van der Waals surface area contributed by atoms with Crippen LogP contribution >= 0.6 is 34.5 Å². The topological polar surface area (TPSA) is 68.3 Å². The maximum Gasteiger partial charge on any atom is 0.367 e. The van der Waals surface area contributed by atoms with Crippen LogP contribution in [0.2, 0.25) is 10.0 Å². The van der Waals surface area contributed by atoms with Gasteiger partial charge in [0.2, 0.25) is 5.01 Å². The molecule has 8 heteroatoms. The molecule has 0 saturated heterocycles. The normalized spacial score (nSPS) is 10.2. The molecule has 0 spiro atoms. The number of nitrogens with one attached hydrogen (secondary N) is 1. The van der Waals surface area contributed by atoms with Crippen LogP contribution in [0.25, 0.3) is 0 Å². The Morgan fingerprint density at radius 2 is 2.14 bits per heavy atom. The van der Waals surface area contributed by atoms with Crippen LogP contribution in [0.4, 0.5) is 5.69 Å². The van der Waals surface area contributed by atoms with E-state index >= 15 is 0 Å². The molecule has 0 bridgehead atoms. The summed E-state index contributed by atoms with van der Waals surface area (Å²) < 4.78 is 4.81. The van der Waals surface area contributed by atoms with Gasteiger partial charge >= 0.3 is 5.97 Å². The fourth-order valence-corrected chi connectivity index (χ4v) is 2.59. The predicted octanol–water partition coefficient (Wildman–Crippen LogP) is 3.88. The van der Waals surface area contributed by atoms with E-state index in [0.717, 1.165) is 11.3 Å². The molecule has 21 heavy (non-hydrogen) atoms. The molecule has 1 heterocycles. The molecule has 1 amide bonds. The molecule has 2 rings (SSSR count). The van der Waals surface area contributed by atoms with Gasteiger partial charge in [-0.15, -0.1) is 11.3 Å². The number of amides is 1. The number of hydrogen-bond donors (Lipinski definition) is 1. The molecule has 0 atom stereocenters. The van der Waals surface area contributed by atoms with Crippen molar-refractivity contribution in [1.29, 1.82) is 0 Å². The maximum absolute atomic E-state index is 12.0. The van der Waals surface area contributed by atoms with Crippen molar-refractivity contribution in [2.75, 3.05) is 11.9 Å². The Morgan fingerprint density at radius 1 is 1.38 bits per heavy atom. The van der Waals surface area contributed by atoms with Crippen molar-refractivity contribution in [3.8, 4) is 0 Å². The monoisotopic (exact) mass is 344 g/mol. The van der Waals surface area contributed by atoms with E-state index in [-0.39, 0.29) is 17.3 Å². The third-order valence-electron chi connectivity index (χ3n) is 2.37. The van der Waals surface area contributed by atoms with Crippen LogP contribution in [-0.4, -0.2) is 23.5 Å². The van der Waals surface area contributed by atoms with E-state index in [0.29, 0.717) is 15.7 Å². The highest BCUT2D eigenvalue weighted by Crippen LogP contribution is 2.26. The first-order valence-corrected chi connectivity index (χ1v) is 7.54. The van der Waals surface area contributed by atoms with Crippen molar-refractivity contribution in [2.45, 2.75) is 6.92 Å². The second kappa shape index (κ2) is 6.89. The summed E-state index contributed by atoms with van der Waals surface area (Å²) in [5.41, 5.74) is 0.533. The second-order valence-electron chi connectivity index (χ2n) is 3.84. The molecule has 0 aliphatic heterocycles. The van der Waals surface area contributed by atoms with Gasteiger partial charge in [-0.05, 0) is 25.1 Å². The van der Waals surface area contributed by atoms with Gasteiger partial charge in [-0.2, -0.15) is 0 Å². The quantitative estimate of drug-likeness (QED) is 0.854. The molecule has 0 fully saturated rings. The zero-order chi connectivity index (χ0) is 15.4. The standard InChI is InChI=1S/C13H10Cl2N2O3S/c1-2-20-13(19)12-17-10(6-21-12)11(18)16-9-4-3-7(14)5-8(9)15/h3-6H,2H2,1H3,(H,16,18). The van der Waals surface area contributed by atoms with Crippen LogP contribution < -0.4 is 5.32 Å². The molecule has 0 unspecified atom stereocenters. The van der Waals surface area contributed by atoms with Gasteiger partial charge < -0.3 is 10.1 Å². The van der Waals surface area contributed by atoms with Gasteiger partial charge in [0.05, 0.1) is 17.3 Å². The number of nitrogens with zero attached hydrogens (tertiary/aromatic N) is 1. The highest BCUT2D eigenvalue weighted by atomic mass is 35.5. The molecular weight excluding hydrogens is 335 g/mol. The molecular formula is C13H10Cl2N2O3S. The first kappa shape index (κ1) is 15.8. The SMILES string of the molecule is CCOC(=O)c1nc(C(=O)Nc2ccc(Cl)cc2Cl)cs1. The number of benzene rings is 1. The highest BCUT2D eigenvalue weighted by molar-refractivity contribution is 7.11. The number of carbonyl (C=O) groups excluding carboxylic acids is 2. The Bertz CT molecular complexity index is 688. The predicted molar refractivity (Wildman–Crippen MR) is 82.5 cm³/mol. The molecule has 1 aromatic carbocycles. The summed E-state index contributed by atoms with van der Waals surface area (Å²) in [6, 6.07) is 4.71. The van der Waals surface area contributed by atoms with Gasteiger partial charge in [0.1, 0.15) is 5.69 Å². The first-order valence-electron chi connectivity index (χ1n) is 5.90. The van der Waals surface area contributed by atoms with Crippen LogP contribution in [0.15, 0.2) is 23.6 Å². The molecule has 2 aromatic rings. The van der Waals surface area contributed by atoms with Crippen molar-refractivity contribution in [2.24, 2.45) is 0 Å². The van der Waals surface area contributed by atoms with Crippen molar-refractivity contribution in [3.63, 3.8) is 0 Å². The van der Waals surface area contributed by atoms with Crippen LogP contribution in [0, 0.1) is 0 Å². The highest BCUT2D eigenvalue weighted by Gasteiger charge is 2.17. The van der Waals surface area contributed by atoms with Gasteiger partial charge in [-0.1, -0.05) is 23.2 Å². The summed E-state index contributed by atoms with van der Waals surface area (Å²) in [6.07, 6.45) is 0. The zero-order valence-corrected chi connectivity index (χ0v) is 13.2. The fourth-order valence-electron chi connectivity index (χ4n) is 1.44. The maximum atomic E-state index is 12.0. The summed E-state index contributed by atoms with van der Waals surface area (Å²) >= 11 is 12.8. The van der Waals surface area contributed by atoms with Gasteiger partial charge in [0.15, 0.2) is 0 Å². The van der Waals surface area contributed by atoms with E-state index in [4.69, 9.17) is 27.9 Å². The van der Waals surface area contributed by atoms with Crippen molar-refractivity contribution in [3.05, 3.63) is 44.3 Å². The summed E-state index contributed by atoms with van der Waals surface area (Å²) in [5.74, 6) is -1.02. The minimum Gasteiger partial charge on any atom is -0.461 e. The number of aromatic nitrogens is 1. The molecule has 1 N–H and O–H groups in total. The number of esters is 1. The van der Waals surface area contributed by atoms with E-state index in [9.17, 15) is 9.59 Å². The van der Waals surface area contributed by atoms with Crippen LogP contribution in [0.1, 0.15) is 27.2 Å². The van der Waals surface area contributed by atoms with E-state index in [1.54, 1.807) is 19.1 Å². The average Bonchev–Trinajstić information content (AvgIpc) is 2.92. The van der Waals surface area contributed by atoms with Gasteiger partial charge in [0, 0.05) is 10.4 Å². The number of ether oxygens (including phenoxy) is 1. The Balaban J connectivity index is 2.12. The second-order valence-corrected chi connectivity index (χ2v) is 5.54. The molecule has 0 aliphatic carbocycles. The fraction of sp³-hybridized carbons (Fsp3) is 0.154. The number of halogens is 2. The van der Waals surface area contributed by atoms with E-state index in [2.05, 4.69) is 10.3 Å². The molecule has 110 valence electrons. The lowest BCUT2D eigenvalue weighted by Gasteiger charge is -2.05. The number of thiazole rings is 1. The minimum atomic E-state index is -0.550. The van der Waals surface area contributed by atoms with Crippen molar-refractivity contribution < 1.29 is 14.3 Å².